The van der Waals surface area contributed by atoms with Crippen molar-refractivity contribution in [2.45, 2.75) is 25.9 Å². The van der Waals surface area contributed by atoms with Crippen molar-refractivity contribution in [1.82, 2.24) is 4.98 Å². The van der Waals surface area contributed by atoms with E-state index in [2.05, 4.69) is 16.8 Å². The highest BCUT2D eigenvalue weighted by Gasteiger charge is 2.16. The van der Waals surface area contributed by atoms with Crippen LogP contribution in [0.3, 0.4) is 0 Å². The number of aromatic nitrogens is 1. The highest BCUT2D eigenvalue weighted by atomic mass is 16.5. The maximum atomic E-state index is 5.93. The molecule has 0 radical (unpaired) electrons. The van der Waals surface area contributed by atoms with Gasteiger partial charge in [0, 0.05) is 32.0 Å². The first-order valence-corrected chi connectivity index (χ1v) is 5.50. The SMILES string of the molecule is COCC(C)N(C)c1ncccc1C(C)N. The topological polar surface area (TPSA) is 51.4 Å². The van der Waals surface area contributed by atoms with Gasteiger partial charge >= 0.3 is 0 Å². The summed E-state index contributed by atoms with van der Waals surface area (Å²) in [7, 11) is 3.72. The molecule has 0 aromatic carbocycles. The van der Waals surface area contributed by atoms with Crippen molar-refractivity contribution in [3.8, 4) is 0 Å². The molecule has 0 amide bonds. The Bertz CT molecular complexity index is 328. The second kappa shape index (κ2) is 5.82. The fraction of sp³-hybridized carbons (Fsp3) is 0.583. The van der Waals surface area contributed by atoms with Gasteiger partial charge in [0.2, 0.25) is 0 Å². The summed E-state index contributed by atoms with van der Waals surface area (Å²) in [4.78, 5) is 6.49. The van der Waals surface area contributed by atoms with Gasteiger partial charge in [-0.25, -0.2) is 4.98 Å². The van der Waals surface area contributed by atoms with Crippen LogP contribution in [0.2, 0.25) is 0 Å². The summed E-state index contributed by atoms with van der Waals surface area (Å²) in [6, 6.07) is 4.19. The molecule has 16 heavy (non-hydrogen) atoms. The maximum absolute atomic E-state index is 5.93. The van der Waals surface area contributed by atoms with E-state index in [1.165, 1.54) is 0 Å². The van der Waals surface area contributed by atoms with Crippen LogP contribution < -0.4 is 10.6 Å². The van der Waals surface area contributed by atoms with Crippen molar-refractivity contribution >= 4 is 5.82 Å². The largest absolute Gasteiger partial charge is 0.383 e. The lowest BCUT2D eigenvalue weighted by Crippen LogP contribution is -2.34. The maximum Gasteiger partial charge on any atom is 0.133 e. The summed E-state index contributed by atoms with van der Waals surface area (Å²) in [5, 5.41) is 0. The lowest BCUT2D eigenvalue weighted by Gasteiger charge is -2.28. The van der Waals surface area contributed by atoms with Crippen molar-refractivity contribution < 1.29 is 4.74 Å². The molecule has 0 spiro atoms. The second-order valence-electron chi connectivity index (χ2n) is 4.12. The summed E-state index contributed by atoms with van der Waals surface area (Å²) in [6.07, 6.45) is 1.79. The first-order valence-electron chi connectivity index (χ1n) is 5.50. The third-order valence-electron chi connectivity index (χ3n) is 2.71. The van der Waals surface area contributed by atoms with Crippen LogP contribution in [0.15, 0.2) is 18.3 Å². The highest BCUT2D eigenvalue weighted by Crippen LogP contribution is 2.22. The van der Waals surface area contributed by atoms with Gasteiger partial charge in [-0.2, -0.15) is 0 Å². The van der Waals surface area contributed by atoms with Crippen molar-refractivity contribution in [1.29, 1.82) is 0 Å². The Labute approximate surface area is 97.4 Å². The highest BCUT2D eigenvalue weighted by molar-refractivity contribution is 5.48. The minimum atomic E-state index is -0.0131. The standard InChI is InChI=1S/C12H21N3O/c1-9(8-16-4)15(3)12-11(10(2)13)6-5-7-14-12/h5-7,9-10H,8,13H2,1-4H3. The van der Waals surface area contributed by atoms with E-state index in [1.54, 1.807) is 13.3 Å². The number of nitrogens with zero attached hydrogens (tertiary/aromatic N) is 2. The summed E-state index contributed by atoms with van der Waals surface area (Å²) < 4.78 is 5.15. The van der Waals surface area contributed by atoms with Crippen LogP contribution in [-0.4, -0.2) is 31.8 Å². The average Bonchev–Trinajstić information content (AvgIpc) is 2.28. The molecule has 1 aromatic heterocycles. The summed E-state index contributed by atoms with van der Waals surface area (Å²) in [5.74, 6) is 0.932. The van der Waals surface area contributed by atoms with Crippen LogP contribution in [0.4, 0.5) is 5.82 Å². The number of likely N-dealkylation sites (N-methyl/N-ethyl adjacent to an activating group) is 1. The molecule has 2 unspecified atom stereocenters. The Balaban J connectivity index is 2.93. The summed E-state index contributed by atoms with van der Waals surface area (Å²) in [5.41, 5.74) is 6.99. The number of ether oxygens (including phenoxy) is 1. The minimum Gasteiger partial charge on any atom is -0.383 e. The lowest BCUT2D eigenvalue weighted by molar-refractivity contribution is 0.183. The fourth-order valence-electron chi connectivity index (χ4n) is 1.62. The van der Waals surface area contributed by atoms with E-state index < -0.39 is 0 Å². The molecule has 2 atom stereocenters. The van der Waals surface area contributed by atoms with E-state index in [9.17, 15) is 0 Å². The molecule has 0 bridgehead atoms. The average molecular weight is 223 g/mol. The number of nitrogens with two attached hydrogens (primary N) is 1. The molecule has 0 saturated heterocycles. The summed E-state index contributed by atoms with van der Waals surface area (Å²) >= 11 is 0. The van der Waals surface area contributed by atoms with Gasteiger partial charge in [0.25, 0.3) is 0 Å². The predicted octanol–water partition coefficient (Wildman–Crippen LogP) is 1.57. The van der Waals surface area contributed by atoms with E-state index in [0.717, 1.165) is 11.4 Å². The molecule has 0 aliphatic rings. The van der Waals surface area contributed by atoms with Gasteiger partial charge in [-0.05, 0) is 19.9 Å². The number of pyridine rings is 1. The second-order valence-corrected chi connectivity index (χ2v) is 4.12. The van der Waals surface area contributed by atoms with Crippen LogP contribution in [-0.2, 0) is 4.74 Å². The van der Waals surface area contributed by atoms with Crippen LogP contribution in [0.5, 0.6) is 0 Å². The number of rotatable bonds is 5. The van der Waals surface area contributed by atoms with E-state index in [1.807, 2.05) is 26.1 Å². The van der Waals surface area contributed by atoms with Crippen LogP contribution in [0.25, 0.3) is 0 Å². The monoisotopic (exact) mass is 223 g/mol. The molecule has 0 aliphatic heterocycles. The van der Waals surface area contributed by atoms with E-state index in [4.69, 9.17) is 10.5 Å². The number of methoxy groups -OCH3 is 1. The zero-order valence-corrected chi connectivity index (χ0v) is 10.5. The number of hydrogen-bond acceptors (Lipinski definition) is 4. The fourth-order valence-corrected chi connectivity index (χ4v) is 1.62. The van der Waals surface area contributed by atoms with Gasteiger partial charge < -0.3 is 15.4 Å². The third-order valence-corrected chi connectivity index (χ3v) is 2.71. The Hall–Kier alpha value is -1.13. The lowest BCUT2D eigenvalue weighted by atomic mass is 10.1. The van der Waals surface area contributed by atoms with Gasteiger partial charge in [0.05, 0.1) is 12.6 Å². The van der Waals surface area contributed by atoms with Crippen molar-refractivity contribution in [2.24, 2.45) is 5.73 Å². The first kappa shape index (κ1) is 12.9. The quantitative estimate of drug-likeness (QED) is 0.823. The van der Waals surface area contributed by atoms with Gasteiger partial charge in [0.15, 0.2) is 0 Å². The van der Waals surface area contributed by atoms with Gasteiger partial charge in [-0.15, -0.1) is 0 Å². The Kier molecular flexibility index (Phi) is 4.71. The molecule has 90 valence electrons. The molecule has 0 saturated carbocycles. The molecule has 0 fully saturated rings. The van der Waals surface area contributed by atoms with Crippen molar-refractivity contribution in [2.75, 3.05) is 25.7 Å². The van der Waals surface area contributed by atoms with E-state index >= 15 is 0 Å². The molecule has 0 aliphatic carbocycles. The number of anilines is 1. The van der Waals surface area contributed by atoms with Gasteiger partial charge in [0.1, 0.15) is 5.82 Å². The Morgan fingerprint density at radius 1 is 1.50 bits per heavy atom. The zero-order valence-electron chi connectivity index (χ0n) is 10.5. The third kappa shape index (κ3) is 2.93. The normalized spacial score (nSPS) is 14.6. The Morgan fingerprint density at radius 3 is 2.75 bits per heavy atom. The molecule has 4 heteroatoms. The first-order chi connectivity index (χ1) is 7.57. The van der Waals surface area contributed by atoms with Crippen LogP contribution in [0.1, 0.15) is 25.5 Å². The minimum absolute atomic E-state index is 0.0131. The zero-order chi connectivity index (χ0) is 12.1. The molecule has 1 rings (SSSR count). The smallest absolute Gasteiger partial charge is 0.133 e. The molecule has 1 aromatic rings. The molecule has 1 heterocycles. The van der Waals surface area contributed by atoms with Crippen LogP contribution >= 0.6 is 0 Å². The predicted molar refractivity (Wildman–Crippen MR) is 66.6 cm³/mol. The van der Waals surface area contributed by atoms with Gasteiger partial charge in [-0.1, -0.05) is 6.07 Å². The molecule has 4 nitrogen and oxygen atoms in total. The van der Waals surface area contributed by atoms with E-state index in [0.29, 0.717) is 6.61 Å². The van der Waals surface area contributed by atoms with Crippen molar-refractivity contribution in [3.63, 3.8) is 0 Å². The number of hydrogen-bond donors (Lipinski definition) is 1. The molecular formula is C12H21N3O. The summed E-state index contributed by atoms with van der Waals surface area (Å²) in [6.45, 7) is 4.74. The Morgan fingerprint density at radius 2 is 2.19 bits per heavy atom. The van der Waals surface area contributed by atoms with Crippen molar-refractivity contribution in [3.05, 3.63) is 23.9 Å². The van der Waals surface area contributed by atoms with Gasteiger partial charge in [-0.3, -0.25) is 0 Å². The molecule has 2 N–H and O–H groups in total. The van der Waals surface area contributed by atoms with Crippen LogP contribution in [0, 0.1) is 0 Å². The van der Waals surface area contributed by atoms with E-state index in [-0.39, 0.29) is 12.1 Å². The molecular weight excluding hydrogens is 202 g/mol.